The Hall–Kier alpha value is -1.18. The second-order valence-corrected chi connectivity index (χ2v) is 5.65. The molecule has 0 aliphatic rings. The summed E-state index contributed by atoms with van der Waals surface area (Å²) < 4.78 is 5.77. The van der Waals surface area contributed by atoms with Crippen molar-refractivity contribution in [3.8, 4) is 5.75 Å². The summed E-state index contributed by atoms with van der Waals surface area (Å²) >= 11 is 0. The maximum Gasteiger partial charge on any atom is 0.121 e. The van der Waals surface area contributed by atoms with Crippen molar-refractivity contribution < 1.29 is 4.74 Å². The van der Waals surface area contributed by atoms with Crippen molar-refractivity contribution in [2.45, 2.75) is 59.4 Å². The summed E-state index contributed by atoms with van der Waals surface area (Å²) in [6.07, 6.45) is 4.90. The average Bonchev–Trinajstić information content (AvgIpc) is 2.37. The van der Waals surface area contributed by atoms with Crippen LogP contribution in [0.1, 0.15) is 53.4 Å². The van der Waals surface area contributed by atoms with Gasteiger partial charge in [-0.2, -0.15) is 0 Å². The summed E-state index contributed by atoms with van der Waals surface area (Å²) in [6, 6.07) is 8.91. The second-order valence-electron chi connectivity index (χ2n) is 5.65. The summed E-state index contributed by atoms with van der Waals surface area (Å²) in [4.78, 5) is 0. The van der Waals surface area contributed by atoms with Crippen molar-refractivity contribution in [1.82, 2.24) is 0 Å². The normalized spacial score (nSPS) is 11.1. The molecular weight excluding hydrogens is 234 g/mol. The molecule has 0 fully saturated rings. The van der Waals surface area contributed by atoms with Gasteiger partial charge < -0.3 is 10.1 Å². The molecule has 0 saturated heterocycles. The highest BCUT2D eigenvalue weighted by Crippen LogP contribution is 2.20. The van der Waals surface area contributed by atoms with Crippen molar-refractivity contribution in [2.75, 3.05) is 11.9 Å². The van der Waals surface area contributed by atoms with Crippen molar-refractivity contribution in [3.63, 3.8) is 0 Å². The zero-order valence-electron chi connectivity index (χ0n) is 12.9. The molecule has 2 nitrogen and oxygen atoms in total. The fourth-order valence-corrected chi connectivity index (χ4v) is 2.16. The lowest BCUT2D eigenvalue weighted by molar-refractivity contribution is 0.271. The summed E-state index contributed by atoms with van der Waals surface area (Å²) in [6.45, 7) is 9.59. The van der Waals surface area contributed by atoms with Gasteiger partial charge in [0, 0.05) is 17.8 Å². The van der Waals surface area contributed by atoms with Gasteiger partial charge in [0.1, 0.15) is 5.75 Å². The fourth-order valence-electron chi connectivity index (χ4n) is 2.16. The molecule has 19 heavy (non-hydrogen) atoms. The monoisotopic (exact) mass is 263 g/mol. The van der Waals surface area contributed by atoms with Gasteiger partial charge in [-0.3, -0.25) is 0 Å². The van der Waals surface area contributed by atoms with Crippen molar-refractivity contribution >= 4 is 5.69 Å². The van der Waals surface area contributed by atoms with Gasteiger partial charge in [-0.25, -0.2) is 0 Å². The molecule has 0 heterocycles. The predicted molar refractivity (Wildman–Crippen MR) is 84.0 cm³/mol. The number of ether oxygens (including phenoxy) is 1. The van der Waals surface area contributed by atoms with E-state index >= 15 is 0 Å². The minimum atomic E-state index is 0.560. The van der Waals surface area contributed by atoms with E-state index in [1.54, 1.807) is 0 Å². The first-order valence-corrected chi connectivity index (χ1v) is 7.65. The Morgan fingerprint density at radius 3 is 2.37 bits per heavy atom. The van der Waals surface area contributed by atoms with Crippen molar-refractivity contribution in [3.05, 3.63) is 24.3 Å². The minimum Gasteiger partial charge on any atom is -0.493 e. The van der Waals surface area contributed by atoms with Crippen LogP contribution in [0.25, 0.3) is 0 Å². The highest BCUT2D eigenvalue weighted by atomic mass is 16.5. The third-order valence-electron chi connectivity index (χ3n) is 3.06. The smallest absolute Gasteiger partial charge is 0.121 e. The standard InChI is InChI=1S/C17H29NO/c1-5-8-15(9-6-2)18-16-10-7-11-17(12-16)19-13-14(3)4/h7,10-12,14-15,18H,5-6,8-9,13H2,1-4H3. The molecule has 0 aliphatic heterocycles. The molecule has 0 atom stereocenters. The van der Waals surface area contributed by atoms with E-state index in [4.69, 9.17) is 4.74 Å². The first-order chi connectivity index (χ1) is 9.15. The van der Waals surface area contributed by atoms with Crippen LogP contribution in [0.2, 0.25) is 0 Å². The largest absolute Gasteiger partial charge is 0.493 e. The van der Waals surface area contributed by atoms with Gasteiger partial charge >= 0.3 is 0 Å². The number of nitrogens with one attached hydrogen (secondary N) is 1. The van der Waals surface area contributed by atoms with Crippen LogP contribution in [0, 0.1) is 5.92 Å². The van der Waals surface area contributed by atoms with Crippen molar-refractivity contribution in [1.29, 1.82) is 0 Å². The maximum absolute atomic E-state index is 5.77. The zero-order chi connectivity index (χ0) is 14.1. The third-order valence-corrected chi connectivity index (χ3v) is 3.06. The van der Waals surface area contributed by atoms with Crippen LogP contribution in [0.4, 0.5) is 5.69 Å². The Balaban J connectivity index is 2.58. The molecule has 0 saturated carbocycles. The molecule has 1 N–H and O–H groups in total. The lowest BCUT2D eigenvalue weighted by Crippen LogP contribution is -2.18. The molecule has 0 aromatic heterocycles. The molecule has 1 aromatic rings. The molecule has 108 valence electrons. The highest BCUT2D eigenvalue weighted by Gasteiger charge is 2.07. The van der Waals surface area contributed by atoms with Gasteiger partial charge in [-0.15, -0.1) is 0 Å². The number of hydrogen-bond acceptors (Lipinski definition) is 2. The van der Waals surface area contributed by atoms with E-state index in [2.05, 4.69) is 51.2 Å². The average molecular weight is 263 g/mol. The molecule has 1 rings (SSSR count). The highest BCUT2D eigenvalue weighted by molar-refractivity contribution is 5.48. The Labute approximate surface area is 118 Å². The summed E-state index contributed by atoms with van der Waals surface area (Å²) in [5.74, 6) is 1.52. The molecule has 0 amide bonds. The number of rotatable bonds is 9. The molecule has 2 heteroatoms. The zero-order valence-corrected chi connectivity index (χ0v) is 12.9. The van der Waals surface area contributed by atoms with Crippen LogP contribution in [0.3, 0.4) is 0 Å². The summed E-state index contributed by atoms with van der Waals surface area (Å²) in [5, 5.41) is 3.63. The van der Waals surface area contributed by atoms with E-state index in [9.17, 15) is 0 Å². The Kier molecular flexibility index (Phi) is 7.39. The predicted octanol–water partition coefficient (Wildman–Crippen LogP) is 5.10. The molecule has 0 bridgehead atoms. The molecule has 0 radical (unpaired) electrons. The lowest BCUT2D eigenvalue weighted by Gasteiger charge is -2.19. The first-order valence-electron chi connectivity index (χ1n) is 7.65. The minimum absolute atomic E-state index is 0.560. The van der Waals surface area contributed by atoms with Crippen LogP contribution >= 0.6 is 0 Å². The summed E-state index contributed by atoms with van der Waals surface area (Å²) in [7, 11) is 0. The van der Waals surface area contributed by atoms with Crippen LogP contribution < -0.4 is 10.1 Å². The van der Waals surface area contributed by atoms with E-state index in [-0.39, 0.29) is 0 Å². The van der Waals surface area contributed by atoms with Gasteiger partial charge in [-0.05, 0) is 30.9 Å². The third kappa shape index (κ3) is 6.51. The maximum atomic E-state index is 5.77. The van der Waals surface area contributed by atoms with Gasteiger partial charge in [-0.1, -0.05) is 46.6 Å². The Morgan fingerprint density at radius 2 is 1.79 bits per heavy atom. The topological polar surface area (TPSA) is 21.3 Å². The van der Waals surface area contributed by atoms with E-state index in [0.29, 0.717) is 12.0 Å². The Bertz CT molecular complexity index is 343. The fraction of sp³-hybridized carbons (Fsp3) is 0.647. The van der Waals surface area contributed by atoms with Gasteiger partial charge in [0.05, 0.1) is 6.61 Å². The van der Waals surface area contributed by atoms with Gasteiger partial charge in [0.15, 0.2) is 0 Å². The number of anilines is 1. The van der Waals surface area contributed by atoms with Crippen LogP contribution in [0.15, 0.2) is 24.3 Å². The molecular formula is C17H29NO. The Morgan fingerprint density at radius 1 is 1.11 bits per heavy atom. The molecule has 1 aromatic carbocycles. The lowest BCUT2D eigenvalue weighted by atomic mass is 10.1. The van der Waals surface area contributed by atoms with Gasteiger partial charge in [0.25, 0.3) is 0 Å². The molecule has 0 aliphatic carbocycles. The van der Waals surface area contributed by atoms with Crippen molar-refractivity contribution in [2.24, 2.45) is 5.92 Å². The number of hydrogen-bond donors (Lipinski definition) is 1. The second kappa shape index (κ2) is 8.84. The SMILES string of the molecule is CCCC(CCC)Nc1cccc(OCC(C)C)c1. The van der Waals surface area contributed by atoms with E-state index < -0.39 is 0 Å². The van der Waals surface area contributed by atoms with E-state index in [0.717, 1.165) is 12.4 Å². The molecule has 0 spiro atoms. The van der Waals surface area contributed by atoms with Crippen LogP contribution in [-0.2, 0) is 0 Å². The van der Waals surface area contributed by atoms with Crippen LogP contribution in [0.5, 0.6) is 5.75 Å². The molecule has 0 unspecified atom stereocenters. The van der Waals surface area contributed by atoms with Gasteiger partial charge in [0.2, 0.25) is 0 Å². The summed E-state index contributed by atoms with van der Waals surface area (Å²) in [5.41, 5.74) is 1.17. The van der Waals surface area contributed by atoms with E-state index in [1.807, 2.05) is 6.07 Å². The van der Waals surface area contributed by atoms with E-state index in [1.165, 1.54) is 31.4 Å². The quantitative estimate of drug-likeness (QED) is 0.669. The van der Waals surface area contributed by atoms with Crippen LogP contribution in [-0.4, -0.2) is 12.6 Å². The first kappa shape index (κ1) is 15.9. The number of benzene rings is 1.